The molecule has 0 saturated carbocycles. The number of furan rings is 1. The Bertz CT molecular complexity index is 771. The largest absolute Gasteiger partial charge is 0.453 e. The predicted octanol–water partition coefficient (Wildman–Crippen LogP) is 4.63. The Morgan fingerprint density at radius 3 is 2.68 bits per heavy atom. The molecule has 0 bridgehead atoms. The van der Waals surface area contributed by atoms with Gasteiger partial charge in [0.25, 0.3) is 0 Å². The van der Waals surface area contributed by atoms with Gasteiger partial charge in [-0.05, 0) is 36.8 Å². The number of hydrogen-bond donors (Lipinski definition) is 0. The van der Waals surface area contributed by atoms with Gasteiger partial charge in [0.2, 0.25) is 5.78 Å². The summed E-state index contributed by atoms with van der Waals surface area (Å²) in [5.74, 6) is 0.233. The monoisotopic (exact) mass is 270 g/mol. The zero-order valence-electron chi connectivity index (χ0n) is 10.3. The highest BCUT2D eigenvalue weighted by atomic mass is 35.5. The minimum atomic E-state index is -0.106. The molecule has 0 radical (unpaired) electrons. The molecule has 1 heterocycles. The second-order valence-electron chi connectivity index (χ2n) is 4.44. The number of hydrogen-bond acceptors (Lipinski definition) is 2. The van der Waals surface area contributed by atoms with Crippen LogP contribution in [0.3, 0.4) is 0 Å². The average Bonchev–Trinajstić information content (AvgIpc) is 2.81. The molecule has 3 rings (SSSR count). The first-order chi connectivity index (χ1) is 9.15. The van der Waals surface area contributed by atoms with E-state index in [1.54, 1.807) is 30.3 Å². The lowest BCUT2D eigenvalue weighted by molar-refractivity contribution is 0.101. The maximum atomic E-state index is 12.4. The van der Waals surface area contributed by atoms with Gasteiger partial charge < -0.3 is 4.42 Å². The summed E-state index contributed by atoms with van der Waals surface area (Å²) >= 11 is 5.92. The summed E-state index contributed by atoms with van der Waals surface area (Å²) in [6.07, 6.45) is 0. The van der Waals surface area contributed by atoms with Crippen LogP contribution in [0.5, 0.6) is 0 Å². The fourth-order valence-electron chi connectivity index (χ4n) is 2.09. The van der Waals surface area contributed by atoms with Gasteiger partial charge in [-0.2, -0.15) is 0 Å². The van der Waals surface area contributed by atoms with E-state index in [0.717, 1.165) is 10.9 Å². The van der Waals surface area contributed by atoms with E-state index in [9.17, 15) is 4.79 Å². The van der Waals surface area contributed by atoms with E-state index in [-0.39, 0.29) is 5.78 Å². The van der Waals surface area contributed by atoms with E-state index in [1.807, 2.05) is 25.1 Å². The lowest BCUT2D eigenvalue weighted by Gasteiger charge is -2.01. The van der Waals surface area contributed by atoms with Gasteiger partial charge in [-0.15, -0.1) is 0 Å². The maximum Gasteiger partial charge on any atom is 0.228 e. The van der Waals surface area contributed by atoms with Crippen molar-refractivity contribution < 1.29 is 9.21 Å². The van der Waals surface area contributed by atoms with Crippen LogP contribution in [0.4, 0.5) is 0 Å². The fraction of sp³-hybridized carbons (Fsp3) is 0.0625. The zero-order valence-corrected chi connectivity index (χ0v) is 11.1. The van der Waals surface area contributed by atoms with Crippen molar-refractivity contribution >= 4 is 28.4 Å². The van der Waals surface area contributed by atoms with E-state index in [4.69, 9.17) is 16.0 Å². The van der Waals surface area contributed by atoms with Crippen LogP contribution >= 0.6 is 11.6 Å². The second-order valence-corrected chi connectivity index (χ2v) is 4.87. The topological polar surface area (TPSA) is 30.2 Å². The van der Waals surface area contributed by atoms with Crippen LogP contribution in [0.25, 0.3) is 11.0 Å². The van der Waals surface area contributed by atoms with Gasteiger partial charge in [0.05, 0.1) is 0 Å². The van der Waals surface area contributed by atoms with E-state index in [0.29, 0.717) is 21.9 Å². The van der Waals surface area contributed by atoms with Crippen LogP contribution in [0.1, 0.15) is 21.7 Å². The lowest BCUT2D eigenvalue weighted by Crippen LogP contribution is -2.01. The SMILES string of the molecule is Cc1ccccc1C(=O)c1cc2cc(Cl)ccc2o1. The molecule has 0 saturated heterocycles. The summed E-state index contributed by atoms with van der Waals surface area (Å²) in [7, 11) is 0. The molecule has 0 atom stereocenters. The zero-order chi connectivity index (χ0) is 13.4. The van der Waals surface area contributed by atoms with E-state index in [2.05, 4.69) is 0 Å². The first-order valence-electron chi connectivity index (χ1n) is 5.94. The quantitative estimate of drug-likeness (QED) is 0.636. The molecular weight excluding hydrogens is 260 g/mol. The van der Waals surface area contributed by atoms with Crippen molar-refractivity contribution in [2.45, 2.75) is 6.92 Å². The normalized spacial score (nSPS) is 10.8. The predicted molar refractivity (Wildman–Crippen MR) is 75.8 cm³/mol. The molecule has 0 fully saturated rings. The van der Waals surface area contributed by atoms with E-state index < -0.39 is 0 Å². The summed E-state index contributed by atoms with van der Waals surface area (Å²) in [6, 6.07) is 14.5. The summed E-state index contributed by atoms with van der Waals surface area (Å²) < 4.78 is 5.59. The van der Waals surface area contributed by atoms with Crippen LogP contribution < -0.4 is 0 Å². The van der Waals surface area contributed by atoms with Crippen molar-refractivity contribution in [3.05, 3.63) is 70.4 Å². The lowest BCUT2D eigenvalue weighted by atomic mass is 10.0. The van der Waals surface area contributed by atoms with E-state index in [1.165, 1.54) is 0 Å². The molecule has 19 heavy (non-hydrogen) atoms. The Kier molecular flexibility index (Phi) is 2.88. The van der Waals surface area contributed by atoms with Crippen molar-refractivity contribution in [1.82, 2.24) is 0 Å². The second kappa shape index (κ2) is 4.56. The van der Waals surface area contributed by atoms with Crippen molar-refractivity contribution in [2.75, 3.05) is 0 Å². The number of carbonyl (C=O) groups is 1. The van der Waals surface area contributed by atoms with Crippen molar-refractivity contribution in [3.63, 3.8) is 0 Å². The smallest absolute Gasteiger partial charge is 0.228 e. The summed E-state index contributed by atoms with van der Waals surface area (Å²) in [6.45, 7) is 1.91. The summed E-state index contributed by atoms with van der Waals surface area (Å²) in [5, 5.41) is 1.47. The van der Waals surface area contributed by atoms with Crippen molar-refractivity contribution in [3.8, 4) is 0 Å². The van der Waals surface area contributed by atoms with Crippen LogP contribution in [0, 0.1) is 6.92 Å². The molecule has 3 heteroatoms. The number of fused-ring (bicyclic) bond motifs is 1. The highest BCUT2D eigenvalue weighted by Gasteiger charge is 2.16. The summed E-state index contributed by atoms with van der Waals surface area (Å²) in [5.41, 5.74) is 2.26. The fourth-order valence-corrected chi connectivity index (χ4v) is 2.27. The number of benzene rings is 2. The van der Waals surface area contributed by atoms with Gasteiger partial charge >= 0.3 is 0 Å². The first-order valence-corrected chi connectivity index (χ1v) is 6.32. The molecule has 0 aliphatic heterocycles. The Labute approximate surface area is 115 Å². The molecule has 1 aromatic heterocycles. The number of rotatable bonds is 2. The highest BCUT2D eigenvalue weighted by molar-refractivity contribution is 6.31. The van der Waals surface area contributed by atoms with Crippen LogP contribution in [-0.4, -0.2) is 5.78 Å². The molecular formula is C16H11ClO2. The van der Waals surface area contributed by atoms with Crippen LogP contribution in [0.15, 0.2) is 52.9 Å². The van der Waals surface area contributed by atoms with E-state index >= 15 is 0 Å². The van der Waals surface area contributed by atoms with Crippen molar-refractivity contribution in [2.24, 2.45) is 0 Å². The number of aryl methyl sites for hydroxylation is 1. The third-order valence-electron chi connectivity index (χ3n) is 3.09. The number of ketones is 1. The Morgan fingerprint density at radius 1 is 1.11 bits per heavy atom. The molecule has 94 valence electrons. The van der Waals surface area contributed by atoms with Gasteiger partial charge in [0.1, 0.15) is 5.58 Å². The molecule has 0 amide bonds. The number of carbonyl (C=O) groups excluding carboxylic acids is 1. The first kappa shape index (κ1) is 12.0. The Hall–Kier alpha value is -2.06. The average molecular weight is 271 g/mol. The maximum absolute atomic E-state index is 12.4. The van der Waals surface area contributed by atoms with Crippen LogP contribution in [0.2, 0.25) is 5.02 Å². The summed E-state index contributed by atoms with van der Waals surface area (Å²) in [4.78, 5) is 12.4. The van der Waals surface area contributed by atoms with Gasteiger partial charge in [-0.3, -0.25) is 4.79 Å². The van der Waals surface area contributed by atoms with Gasteiger partial charge in [0, 0.05) is 16.0 Å². The minimum absolute atomic E-state index is 0.106. The molecule has 0 unspecified atom stereocenters. The molecule has 0 aliphatic carbocycles. The number of halogens is 1. The standard InChI is InChI=1S/C16H11ClO2/c1-10-4-2-3-5-13(10)16(18)15-9-11-8-12(17)6-7-14(11)19-15/h2-9H,1H3. The Balaban J connectivity index is 2.09. The van der Waals surface area contributed by atoms with Crippen LogP contribution in [-0.2, 0) is 0 Å². The van der Waals surface area contributed by atoms with Crippen molar-refractivity contribution in [1.29, 1.82) is 0 Å². The molecule has 2 nitrogen and oxygen atoms in total. The molecule has 2 aromatic carbocycles. The molecule has 0 aliphatic rings. The van der Waals surface area contributed by atoms with Gasteiger partial charge in [-0.1, -0.05) is 35.9 Å². The molecule has 3 aromatic rings. The van der Waals surface area contributed by atoms with Gasteiger partial charge in [-0.25, -0.2) is 0 Å². The minimum Gasteiger partial charge on any atom is -0.453 e. The highest BCUT2D eigenvalue weighted by Crippen LogP contribution is 2.25. The van der Waals surface area contributed by atoms with Gasteiger partial charge in [0.15, 0.2) is 5.76 Å². The molecule has 0 spiro atoms. The third-order valence-corrected chi connectivity index (χ3v) is 3.33. The Morgan fingerprint density at radius 2 is 1.89 bits per heavy atom. The molecule has 0 N–H and O–H groups in total. The third kappa shape index (κ3) is 2.15.